The Kier molecular flexibility index (Phi) is 23.8. The number of allylic oxidation sites excluding steroid dienone is 1. The van der Waals surface area contributed by atoms with E-state index in [0.29, 0.717) is 19.4 Å². The van der Waals surface area contributed by atoms with Gasteiger partial charge in [-0.15, -0.1) is 12.8 Å². The van der Waals surface area contributed by atoms with Gasteiger partial charge in [0.1, 0.15) is 0 Å². The molecule has 5 N–H and O–H groups in total. The van der Waals surface area contributed by atoms with Crippen molar-refractivity contribution in [3.8, 4) is 12.8 Å². The molecule has 0 aromatic carbocycles. The lowest BCUT2D eigenvalue weighted by Gasteiger charge is -2.39. The van der Waals surface area contributed by atoms with Gasteiger partial charge in [-0.3, -0.25) is 9.59 Å². The van der Waals surface area contributed by atoms with Crippen molar-refractivity contribution in [1.29, 1.82) is 0 Å². The van der Waals surface area contributed by atoms with Crippen molar-refractivity contribution in [2.24, 2.45) is 11.7 Å². The molecule has 2 atom stereocenters. The van der Waals surface area contributed by atoms with Crippen molar-refractivity contribution in [2.45, 2.75) is 92.3 Å². The number of nitrogen functional groups attached to an aromatic ring is 1. The molecule has 11 heteroatoms. The minimum absolute atomic E-state index is 0.146. The monoisotopic (exact) mass is 601 g/mol. The summed E-state index contributed by atoms with van der Waals surface area (Å²) in [5.41, 5.74) is 9.36. The van der Waals surface area contributed by atoms with E-state index < -0.39 is 29.3 Å². The first-order valence-corrected chi connectivity index (χ1v) is 14.2. The van der Waals surface area contributed by atoms with Gasteiger partial charge in [0.2, 0.25) is 0 Å². The predicted molar refractivity (Wildman–Crippen MR) is 165 cm³/mol. The summed E-state index contributed by atoms with van der Waals surface area (Å²) in [5.74, 6) is -2.00. The molecule has 0 saturated carbocycles. The van der Waals surface area contributed by atoms with Crippen molar-refractivity contribution in [2.75, 3.05) is 26.4 Å². The molecule has 1 aromatic rings. The number of nitrogens with two attached hydrogens (primary N) is 2. The normalized spacial score (nSPS) is 14.6. The van der Waals surface area contributed by atoms with Crippen LogP contribution in [0, 0.1) is 24.6 Å². The number of nitrogens with zero attached hydrogens (tertiary/aromatic N) is 2. The van der Waals surface area contributed by atoms with E-state index in [0.717, 1.165) is 43.2 Å². The molecule has 1 aliphatic rings. The van der Waals surface area contributed by atoms with Crippen LogP contribution in [0.25, 0.3) is 0 Å². The largest absolute Gasteiger partial charge is 0.436 e. The summed E-state index contributed by atoms with van der Waals surface area (Å²) in [7, 11) is 3.33. The zero-order chi connectivity index (χ0) is 33.6. The number of nitrogens with one attached hydrogen (secondary N) is 1. The highest BCUT2D eigenvalue weighted by Crippen LogP contribution is 2.35. The first-order valence-electron chi connectivity index (χ1n) is 14.2. The Morgan fingerprint density at radius 2 is 1.79 bits per heavy atom. The van der Waals surface area contributed by atoms with Crippen LogP contribution < -0.4 is 16.8 Å². The van der Waals surface area contributed by atoms with Crippen LogP contribution in [0.2, 0.25) is 0 Å². The molecule has 0 aliphatic carbocycles. The van der Waals surface area contributed by atoms with Crippen molar-refractivity contribution in [3.05, 3.63) is 47.2 Å². The fraction of sp³-hybridized carbons (Fsp3) is 0.581. The van der Waals surface area contributed by atoms with Gasteiger partial charge in [-0.25, -0.2) is 9.37 Å². The van der Waals surface area contributed by atoms with Crippen molar-refractivity contribution < 1.29 is 27.2 Å². The second-order valence-corrected chi connectivity index (χ2v) is 8.69. The maximum Gasteiger partial charge on any atom is 0.436 e. The van der Waals surface area contributed by atoms with Gasteiger partial charge in [0.15, 0.2) is 17.3 Å². The highest BCUT2D eigenvalue weighted by molar-refractivity contribution is 5.99. The molecular formula is C31H51F4N5O2. The van der Waals surface area contributed by atoms with Gasteiger partial charge >= 0.3 is 6.18 Å². The van der Waals surface area contributed by atoms with Crippen LogP contribution in [0.3, 0.4) is 0 Å². The lowest BCUT2D eigenvalue weighted by molar-refractivity contribution is -0.143. The molecule has 7 nitrogen and oxygen atoms in total. The zero-order valence-electron chi connectivity index (χ0n) is 26.5. The molecule has 2 heterocycles. The molecule has 0 radical (unpaired) electrons. The van der Waals surface area contributed by atoms with Crippen molar-refractivity contribution >= 4 is 17.4 Å². The Bertz CT molecular complexity index is 1010. The molecule has 1 amide bonds. The Morgan fingerprint density at radius 3 is 2.17 bits per heavy atom. The quantitative estimate of drug-likeness (QED) is 0.164. The molecule has 0 spiro atoms. The number of carbonyl (C=O) groups excluding carboxylic acids is 2. The maximum atomic E-state index is 14.1. The maximum absolute atomic E-state index is 14.1. The Hall–Kier alpha value is -3.39. The SMILES string of the molecule is C#C.C=CC(=O)C(C)CC.CC.CCCCC1=C(NC)CCN(C(=O)c2cnc(C(F)(F)F)c(F)c2N)C1CC.CN. The Morgan fingerprint density at radius 1 is 1.24 bits per heavy atom. The summed E-state index contributed by atoms with van der Waals surface area (Å²) in [6, 6.07) is -0.222. The first-order chi connectivity index (χ1) is 19.9. The summed E-state index contributed by atoms with van der Waals surface area (Å²) >= 11 is 0. The number of unbranched alkanes of at least 4 members (excludes halogenated alkanes) is 1. The molecule has 0 fully saturated rings. The zero-order valence-corrected chi connectivity index (χ0v) is 26.5. The van der Waals surface area contributed by atoms with E-state index in [4.69, 9.17) is 5.73 Å². The van der Waals surface area contributed by atoms with Crippen LogP contribution in [-0.2, 0) is 11.0 Å². The lowest BCUT2D eigenvalue weighted by atomic mass is 9.90. The standard InChI is InChI=1S/C19H26F4N4O.C7H12O.C2H6.C2H2.CH5N/c1-4-6-7-11-13(25-3)8-9-27(14(11)5-2)18(28)12-10-26-17(19(21,22)23)15(20)16(12)24;1-4-6(3)7(8)5-2;3*1-2/h10,14,25H,4-9H2,1-3H3,(H2,24,26);5-6H,2,4H2,1,3H3;1-2H3;1-2H;2H2,1H3. The lowest BCUT2D eigenvalue weighted by Crippen LogP contribution is -2.46. The predicted octanol–water partition coefficient (Wildman–Crippen LogP) is 6.75. The Labute approximate surface area is 250 Å². The smallest absolute Gasteiger partial charge is 0.396 e. The molecule has 240 valence electrons. The molecule has 42 heavy (non-hydrogen) atoms. The molecule has 1 aliphatic heterocycles. The Balaban J connectivity index is -0.000000917. The number of rotatable bonds is 9. The van der Waals surface area contributed by atoms with Gasteiger partial charge in [-0.05, 0) is 44.4 Å². The van der Waals surface area contributed by atoms with E-state index in [9.17, 15) is 27.2 Å². The van der Waals surface area contributed by atoms with Gasteiger partial charge in [-0.1, -0.05) is 54.5 Å². The fourth-order valence-electron chi connectivity index (χ4n) is 4.04. The van der Waals surface area contributed by atoms with Crippen LogP contribution in [0.5, 0.6) is 0 Å². The van der Waals surface area contributed by atoms with E-state index in [1.165, 1.54) is 13.1 Å². The second kappa shape index (κ2) is 23.2. The summed E-state index contributed by atoms with van der Waals surface area (Å²) in [6.45, 7) is 15.7. The number of carbonyl (C=O) groups is 2. The van der Waals surface area contributed by atoms with Crippen LogP contribution in [0.4, 0.5) is 23.2 Å². The number of amides is 1. The number of hydrogen-bond acceptors (Lipinski definition) is 6. The van der Waals surface area contributed by atoms with Gasteiger partial charge in [0.25, 0.3) is 5.91 Å². The van der Waals surface area contributed by atoms with E-state index in [1.807, 2.05) is 41.7 Å². The molecule has 2 rings (SSSR count). The number of alkyl halides is 3. The molecule has 0 saturated heterocycles. The molecule has 1 aromatic heterocycles. The van der Waals surface area contributed by atoms with E-state index in [2.05, 4.69) is 42.4 Å². The minimum atomic E-state index is -4.98. The van der Waals surface area contributed by atoms with Gasteiger partial charge in [0.05, 0.1) is 17.3 Å². The number of aromatic nitrogens is 1. The third-order valence-electron chi connectivity index (χ3n) is 6.37. The van der Waals surface area contributed by atoms with Gasteiger partial charge in [-0.2, -0.15) is 13.2 Å². The number of anilines is 1. The van der Waals surface area contributed by atoms with Crippen LogP contribution in [-0.4, -0.2) is 48.3 Å². The average Bonchev–Trinajstić information content (AvgIpc) is 3.02. The summed E-state index contributed by atoms with van der Waals surface area (Å²) in [5, 5.41) is 3.19. The average molecular weight is 602 g/mol. The first kappa shape index (κ1) is 43.1. The van der Waals surface area contributed by atoms with Crippen LogP contribution in [0.15, 0.2) is 30.1 Å². The van der Waals surface area contributed by atoms with Crippen LogP contribution >= 0.6 is 0 Å². The highest BCUT2D eigenvalue weighted by Gasteiger charge is 2.39. The summed E-state index contributed by atoms with van der Waals surface area (Å²) in [6.07, 6.45) is 10.0. The fourth-order valence-corrected chi connectivity index (χ4v) is 4.04. The minimum Gasteiger partial charge on any atom is -0.396 e. The van der Waals surface area contributed by atoms with Crippen molar-refractivity contribution in [3.63, 3.8) is 0 Å². The van der Waals surface area contributed by atoms with E-state index in [-0.39, 0.29) is 23.3 Å². The topological polar surface area (TPSA) is 114 Å². The highest BCUT2D eigenvalue weighted by atomic mass is 19.4. The number of pyridine rings is 1. The van der Waals surface area contributed by atoms with E-state index >= 15 is 0 Å². The van der Waals surface area contributed by atoms with Crippen molar-refractivity contribution in [1.82, 2.24) is 15.2 Å². The molecule has 0 bridgehead atoms. The van der Waals surface area contributed by atoms with Gasteiger partial charge in [0, 0.05) is 37.8 Å². The molecular weight excluding hydrogens is 550 g/mol. The molecule has 2 unspecified atom stereocenters. The van der Waals surface area contributed by atoms with E-state index in [1.54, 1.807) is 4.90 Å². The number of terminal acetylenes is 1. The number of hydrogen-bond donors (Lipinski definition) is 3. The van der Waals surface area contributed by atoms with Crippen LogP contribution in [0.1, 0.15) is 96.1 Å². The third-order valence-corrected chi connectivity index (χ3v) is 6.37. The summed E-state index contributed by atoms with van der Waals surface area (Å²) < 4.78 is 52.6. The second-order valence-electron chi connectivity index (χ2n) is 8.69. The number of ketones is 1. The summed E-state index contributed by atoms with van der Waals surface area (Å²) in [4.78, 5) is 28.3. The third kappa shape index (κ3) is 12.6. The number of halogens is 4. The van der Waals surface area contributed by atoms with Gasteiger partial charge < -0.3 is 21.7 Å².